The highest BCUT2D eigenvalue weighted by molar-refractivity contribution is 7.46. The van der Waals surface area contributed by atoms with Crippen molar-refractivity contribution in [2.45, 2.75) is 49.8 Å². The number of carbonyl (C=O) groups is 2. The molecule has 1 aromatic heterocycles. The van der Waals surface area contributed by atoms with E-state index in [2.05, 4.69) is 4.52 Å². The zero-order chi connectivity index (χ0) is 23.2. The molecule has 0 aromatic carbocycles. The number of esters is 2. The molecule has 0 aliphatic carbocycles. The number of ether oxygens (including phenoxy) is 2. The van der Waals surface area contributed by atoms with Crippen molar-refractivity contribution in [1.29, 1.82) is 0 Å². The number of carbonyl (C=O) groups excluding carboxylic acids is 2. The van der Waals surface area contributed by atoms with Gasteiger partial charge in [-0.1, -0.05) is 6.42 Å². The van der Waals surface area contributed by atoms with Crippen LogP contribution in [0.1, 0.15) is 35.8 Å². The maximum Gasteiger partial charge on any atom is 0.469 e. The number of phosphoric acid groups is 1. The van der Waals surface area contributed by atoms with Gasteiger partial charge in [-0.05, 0) is 25.5 Å². The first-order valence-electron chi connectivity index (χ1n) is 9.47. The molecule has 13 nitrogen and oxygen atoms in total. The topological polar surface area (TPSA) is 216 Å². The SMILES string of the molecule is NCCCC[C@H](N)C(=O)OC(=O)c1ccc[n+]([C@@H]2O[C@H](COP(=O)(O)O)[C@@H](O)[C@H]2O)c1. The molecule has 1 fully saturated rings. The molecule has 1 aromatic rings. The van der Waals surface area contributed by atoms with Gasteiger partial charge in [0.05, 0.1) is 6.61 Å². The van der Waals surface area contributed by atoms with E-state index in [1.807, 2.05) is 0 Å². The molecule has 2 heterocycles. The fourth-order valence-corrected chi connectivity index (χ4v) is 3.25. The van der Waals surface area contributed by atoms with Crippen LogP contribution in [0.4, 0.5) is 0 Å². The van der Waals surface area contributed by atoms with Crippen LogP contribution in [0, 0.1) is 0 Å². The Kier molecular flexibility index (Phi) is 9.18. The first kappa shape index (κ1) is 25.5. The van der Waals surface area contributed by atoms with Gasteiger partial charge in [-0.2, -0.15) is 4.57 Å². The maximum atomic E-state index is 12.3. The van der Waals surface area contributed by atoms with Crippen molar-refractivity contribution in [1.82, 2.24) is 0 Å². The molecule has 1 aliphatic heterocycles. The highest BCUT2D eigenvalue weighted by Crippen LogP contribution is 2.37. The molecule has 0 spiro atoms. The molecule has 31 heavy (non-hydrogen) atoms. The van der Waals surface area contributed by atoms with Gasteiger partial charge >= 0.3 is 19.8 Å². The summed E-state index contributed by atoms with van der Waals surface area (Å²) in [6.45, 7) is -0.210. The van der Waals surface area contributed by atoms with E-state index in [9.17, 15) is 24.4 Å². The quantitative estimate of drug-likeness (QED) is 0.0718. The Morgan fingerprint density at radius 1 is 1.26 bits per heavy atom. The smallest absolute Gasteiger partial charge is 0.388 e. The number of nitrogens with two attached hydrogens (primary N) is 2. The van der Waals surface area contributed by atoms with Gasteiger partial charge in [0.25, 0.3) is 6.23 Å². The molecular weight excluding hydrogens is 437 g/mol. The second-order valence-corrected chi connectivity index (χ2v) is 8.21. The van der Waals surface area contributed by atoms with Crippen LogP contribution in [0.25, 0.3) is 0 Å². The first-order valence-corrected chi connectivity index (χ1v) is 11.0. The third-order valence-electron chi connectivity index (χ3n) is 4.56. The molecule has 0 radical (unpaired) electrons. The highest BCUT2D eigenvalue weighted by Gasteiger charge is 2.49. The van der Waals surface area contributed by atoms with Crippen molar-refractivity contribution >= 4 is 19.8 Å². The molecule has 14 heteroatoms. The fraction of sp³-hybridized carbons (Fsp3) is 0.588. The Bertz CT molecular complexity index is 819. The van der Waals surface area contributed by atoms with Crippen molar-refractivity contribution in [3.05, 3.63) is 30.1 Å². The standard InChI is InChI=1S/C17H26N3O10P/c18-6-2-1-5-11(19)17(24)30-16(23)10-4-3-7-20(8-10)15-14(22)13(21)12(29-15)9-28-31(25,26)27/h3-4,7-8,11-15,21-22H,1-2,5-6,9,18-19H2,(H-,25,26,27)/p+1/t11-,12+,13+,14+,15+/m0/s1. The lowest BCUT2D eigenvalue weighted by Gasteiger charge is -2.13. The summed E-state index contributed by atoms with van der Waals surface area (Å²) in [7, 11) is -4.80. The van der Waals surface area contributed by atoms with Crippen LogP contribution in [0.2, 0.25) is 0 Å². The number of hydrogen-bond donors (Lipinski definition) is 6. The van der Waals surface area contributed by atoms with E-state index in [1.54, 1.807) is 0 Å². The molecule has 8 N–H and O–H groups in total. The Balaban J connectivity index is 2.03. The number of aliphatic hydroxyl groups is 2. The molecule has 1 saturated heterocycles. The van der Waals surface area contributed by atoms with E-state index in [4.69, 9.17) is 30.7 Å². The molecule has 0 amide bonds. The molecule has 0 unspecified atom stereocenters. The molecule has 0 bridgehead atoms. The molecular formula is C17H27N3O10P+. The summed E-state index contributed by atoms with van der Waals surface area (Å²) in [4.78, 5) is 41.8. The minimum Gasteiger partial charge on any atom is -0.388 e. The van der Waals surface area contributed by atoms with E-state index in [0.29, 0.717) is 25.8 Å². The number of hydrogen-bond acceptors (Lipinski definition) is 10. The third kappa shape index (κ3) is 7.38. The molecule has 1 aliphatic rings. The van der Waals surface area contributed by atoms with Crippen LogP contribution in [0.15, 0.2) is 24.5 Å². The summed E-state index contributed by atoms with van der Waals surface area (Å²) in [5.74, 6) is -1.86. The number of unbranched alkanes of at least 4 members (excludes halogenated alkanes) is 1. The van der Waals surface area contributed by atoms with Crippen LogP contribution in [-0.2, 0) is 23.4 Å². The van der Waals surface area contributed by atoms with Crippen LogP contribution >= 0.6 is 7.82 Å². The van der Waals surface area contributed by atoms with Crippen molar-refractivity contribution in [3.8, 4) is 0 Å². The van der Waals surface area contributed by atoms with Gasteiger partial charge in [0.1, 0.15) is 23.8 Å². The van der Waals surface area contributed by atoms with E-state index >= 15 is 0 Å². The summed E-state index contributed by atoms with van der Waals surface area (Å²) in [6.07, 6.45) is -1.16. The van der Waals surface area contributed by atoms with Crippen LogP contribution in [0.5, 0.6) is 0 Å². The average Bonchev–Trinajstić information content (AvgIpc) is 3.00. The number of nitrogens with zero attached hydrogens (tertiary/aromatic N) is 1. The van der Waals surface area contributed by atoms with Crippen molar-refractivity contribution in [2.75, 3.05) is 13.2 Å². The summed E-state index contributed by atoms with van der Waals surface area (Å²) in [5, 5.41) is 20.3. The van der Waals surface area contributed by atoms with E-state index in [1.165, 1.54) is 29.1 Å². The minimum atomic E-state index is -4.80. The monoisotopic (exact) mass is 464 g/mol. The van der Waals surface area contributed by atoms with E-state index in [-0.39, 0.29) is 5.56 Å². The predicted octanol–water partition coefficient (Wildman–Crippen LogP) is -2.16. The van der Waals surface area contributed by atoms with Crippen LogP contribution in [0.3, 0.4) is 0 Å². The highest BCUT2D eigenvalue weighted by atomic mass is 31.2. The Morgan fingerprint density at radius 2 is 1.97 bits per heavy atom. The lowest BCUT2D eigenvalue weighted by Crippen LogP contribution is -2.46. The van der Waals surface area contributed by atoms with Gasteiger partial charge in [0.15, 0.2) is 18.5 Å². The zero-order valence-electron chi connectivity index (χ0n) is 16.5. The summed E-state index contributed by atoms with van der Waals surface area (Å²) in [5.41, 5.74) is 11.0. The first-order chi connectivity index (χ1) is 14.5. The van der Waals surface area contributed by atoms with Gasteiger partial charge in [0.2, 0.25) is 0 Å². The van der Waals surface area contributed by atoms with Crippen LogP contribution in [-0.4, -0.2) is 69.4 Å². The van der Waals surface area contributed by atoms with E-state index in [0.717, 1.165) is 0 Å². The lowest BCUT2D eigenvalue weighted by atomic mass is 10.1. The second kappa shape index (κ2) is 11.2. The number of phosphoric ester groups is 1. The van der Waals surface area contributed by atoms with Gasteiger partial charge < -0.3 is 40.9 Å². The van der Waals surface area contributed by atoms with Gasteiger partial charge in [-0.3, -0.25) is 4.52 Å². The number of aromatic nitrogens is 1. The Labute approximate surface area is 177 Å². The largest absolute Gasteiger partial charge is 0.469 e. The Hall–Kier alpha value is -1.80. The molecule has 174 valence electrons. The minimum absolute atomic E-state index is 0.0507. The predicted molar refractivity (Wildman–Crippen MR) is 102 cm³/mol. The maximum absolute atomic E-state index is 12.3. The normalized spacial score (nSPS) is 24.7. The van der Waals surface area contributed by atoms with Crippen molar-refractivity contribution in [3.63, 3.8) is 0 Å². The summed E-state index contributed by atoms with van der Waals surface area (Å²) < 4.78 is 26.6. The molecule has 5 atom stereocenters. The summed E-state index contributed by atoms with van der Waals surface area (Å²) in [6, 6.07) is 1.80. The lowest BCUT2D eigenvalue weighted by molar-refractivity contribution is -0.765. The van der Waals surface area contributed by atoms with Gasteiger partial charge in [0, 0.05) is 6.07 Å². The van der Waals surface area contributed by atoms with Gasteiger partial charge in [-0.15, -0.1) is 0 Å². The van der Waals surface area contributed by atoms with Crippen LogP contribution < -0.4 is 16.0 Å². The average molecular weight is 464 g/mol. The zero-order valence-corrected chi connectivity index (χ0v) is 17.4. The van der Waals surface area contributed by atoms with Crippen molar-refractivity contribution < 1.29 is 52.7 Å². The molecule has 0 saturated carbocycles. The fourth-order valence-electron chi connectivity index (χ4n) is 2.91. The number of rotatable bonds is 10. The second-order valence-electron chi connectivity index (χ2n) is 6.97. The summed E-state index contributed by atoms with van der Waals surface area (Å²) >= 11 is 0. The van der Waals surface area contributed by atoms with Gasteiger partial charge in [-0.25, -0.2) is 14.2 Å². The Morgan fingerprint density at radius 3 is 2.61 bits per heavy atom. The van der Waals surface area contributed by atoms with Crippen molar-refractivity contribution in [2.24, 2.45) is 11.5 Å². The molecule has 2 rings (SSSR count). The number of pyridine rings is 1. The van der Waals surface area contributed by atoms with E-state index < -0.39 is 56.9 Å². The third-order valence-corrected chi connectivity index (χ3v) is 5.05. The number of aliphatic hydroxyl groups excluding tert-OH is 2.